The maximum absolute atomic E-state index is 11.1. The third-order valence-electron chi connectivity index (χ3n) is 2.22. The third-order valence-corrected chi connectivity index (χ3v) is 2.39. The fourth-order valence-corrected chi connectivity index (χ4v) is 1.48. The lowest BCUT2D eigenvalue weighted by molar-refractivity contribution is -0.120. The van der Waals surface area contributed by atoms with Gasteiger partial charge in [0, 0.05) is 32.4 Å². The van der Waals surface area contributed by atoms with Gasteiger partial charge in [-0.2, -0.15) is 20.1 Å². The zero-order chi connectivity index (χ0) is 13.7. The molecule has 0 aliphatic rings. The van der Waals surface area contributed by atoms with Crippen LogP contribution in [0.5, 0.6) is 0 Å². The maximum atomic E-state index is 11.1. The summed E-state index contributed by atoms with van der Waals surface area (Å²) >= 11 is 5.81. The van der Waals surface area contributed by atoms with Gasteiger partial charge in [0.25, 0.3) is 5.95 Å². The molecule has 0 bridgehead atoms. The lowest BCUT2D eigenvalue weighted by Gasteiger charge is -2.06. The van der Waals surface area contributed by atoms with Crippen LogP contribution in [-0.2, 0) is 4.79 Å². The van der Waals surface area contributed by atoms with Crippen LogP contribution in [0.2, 0.25) is 5.28 Å². The number of nitrogens with zero attached hydrogens (tertiary/aromatic N) is 5. The number of rotatable bonds is 5. The Morgan fingerprint density at radius 1 is 1.42 bits per heavy atom. The minimum atomic E-state index is -0.0695. The summed E-state index contributed by atoms with van der Waals surface area (Å²) in [5.41, 5.74) is 0. The Morgan fingerprint density at radius 2 is 2.26 bits per heavy atom. The smallest absolute Gasteiger partial charge is 0.256 e. The Kier molecular flexibility index (Phi) is 4.24. The molecule has 2 rings (SSSR count). The van der Waals surface area contributed by atoms with Crippen molar-refractivity contribution in [1.82, 2.24) is 30.0 Å². The highest BCUT2D eigenvalue weighted by Gasteiger charge is 2.07. The van der Waals surface area contributed by atoms with Crippen molar-refractivity contribution in [2.75, 3.05) is 18.9 Å². The highest BCUT2D eigenvalue weighted by atomic mass is 35.5. The first kappa shape index (κ1) is 13.2. The van der Waals surface area contributed by atoms with Gasteiger partial charge >= 0.3 is 0 Å². The molecule has 0 saturated carbocycles. The summed E-state index contributed by atoms with van der Waals surface area (Å²) in [7, 11) is 1.58. The molecule has 0 aliphatic heterocycles. The summed E-state index contributed by atoms with van der Waals surface area (Å²) in [6.07, 6.45) is 3.62. The Balaban J connectivity index is 2.07. The molecule has 0 aliphatic carbocycles. The molecule has 2 aromatic heterocycles. The van der Waals surface area contributed by atoms with Crippen LogP contribution in [0.4, 0.5) is 5.95 Å². The van der Waals surface area contributed by atoms with Crippen LogP contribution in [0.25, 0.3) is 5.95 Å². The lowest BCUT2D eigenvalue weighted by atomic mass is 10.4. The molecule has 0 atom stereocenters. The monoisotopic (exact) mass is 281 g/mol. The van der Waals surface area contributed by atoms with E-state index in [9.17, 15) is 4.79 Å². The molecule has 0 fully saturated rings. The number of hydrogen-bond acceptors (Lipinski definition) is 6. The average molecular weight is 282 g/mol. The number of hydrogen-bond donors (Lipinski definition) is 2. The SMILES string of the molecule is CNC(=O)CCNc1nc(Cl)nc(-n2cccn2)n1. The van der Waals surface area contributed by atoms with E-state index in [1.165, 1.54) is 4.68 Å². The number of carbonyl (C=O) groups is 1. The van der Waals surface area contributed by atoms with E-state index >= 15 is 0 Å². The van der Waals surface area contributed by atoms with Crippen LogP contribution < -0.4 is 10.6 Å². The van der Waals surface area contributed by atoms with Gasteiger partial charge in [0.05, 0.1) is 0 Å². The normalized spacial score (nSPS) is 10.2. The Morgan fingerprint density at radius 3 is 2.95 bits per heavy atom. The predicted molar refractivity (Wildman–Crippen MR) is 69.1 cm³/mol. The summed E-state index contributed by atoms with van der Waals surface area (Å²) in [5, 5.41) is 9.49. The minimum absolute atomic E-state index is 0.0583. The molecule has 0 spiro atoms. The van der Waals surface area contributed by atoms with E-state index in [2.05, 4.69) is 30.7 Å². The molecule has 0 radical (unpaired) electrons. The zero-order valence-corrected chi connectivity index (χ0v) is 10.9. The van der Waals surface area contributed by atoms with Gasteiger partial charge in [-0.05, 0) is 17.7 Å². The Labute approximate surface area is 114 Å². The summed E-state index contributed by atoms with van der Waals surface area (Å²) in [6, 6.07) is 1.75. The van der Waals surface area contributed by atoms with Crippen LogP contribution >= 0.6 is 11.6 Å². The molecular formula is C10H12ClN7O. The molecular weight excluding hydrogens is 270 g/mol. The van der Waals surface area contributed by atoms with Gasteiger partial charge in [-0.25, -0.2) is 4.68 Å². The highest BCUT2D eigenvalue weighted by Crippen LogP contribution is 2.08. The summed E-state index contributed by atoms with van der Waals surface area (Å²) in [5.74, 6) is 0.543. The van der Waals surface area contributed by atoms with Crippen molar-refractivity contribution in [1.29, 1.82) is 0 Å². The van der Waals surface area contributed by atoms with E-state index < -0.39 is 0 Å². The van der Waals surface area contributed by atoms with Gasteiger partial charge < -0.3 is 10.6 Å². The van der Waals surface area contributed by atoms with Crippen molar-refractivity contribution in [3.8, 4) is 5.95 Å². The summed E-state index contributed by atoms with van der Waals surface area (Å²) in [4.78, 5) is 23.1. The van der Waals surface area contributed by atoms with Crippen LogP contribution in [0.15, 0.2) is 18.5 Å². The average Bonchev–Trinajstić information content (AvgIpc) is 2.91. The van der Waals surface area contributed by atoms with Crippen LogP contribution in [0.1, 0.15) is 6.42 Å². The molecule has 2 N–H and O–H groups in total. The van der Waals surface area contributed by atoms with Gasteiger partial charge in [-0.3, -0.25) is 4.79 Å². The van der Waals surface area contributed by atoms with Crippen LogP contribution in [0.3, 0.4) is 0 Å². The maximum Gasteiger partial charge on any atom is 0.256 e. The molecule has 0 saturated heterocycles. The molecule has 2 aromatic rings. The number of aromatic nitrogens is 5. The Bertz CT molecular complexity index is 557. The minimum Gasteiger partial charge on any atom is -0.359 e. The molecule has 0 unspecified atom stereocenters. The number of amides is 1. The van der Waals surface area contributed by atoms with Gasteiger partial charge in [0.2, 0.25) is 17.1 Å². The quantitative estimate of drug-likeness (QED) is 0.816. The van der Waals surface area contributed by atoms with Gasteiger partial charge in [0.1, 0.15) is 0 Å². The predicted octanol–water partition coefficient (Wildman–Crippen LogP) is 0.259. The van der Waals surface area contributed by atoms with Gasteiger partial charge in [-0.15, -0.1) is 0 Å². The topological polar surface area (TPSA) is 97.6 Å². The van der Waals surface area contributed by atoms with E-state index in [4.69, 9.17) is 11.6 Å². The van der Waals surface area contributed by atoms with Crippen molar-refractivity contribution in [3.63, 3.8) is 0 Å². The van der Waals surface area contributed by atoms with Crippen LogP contribution in [0, 0.1) is 0 Å². The molecule has 1 amide bonds. The first-order valence-electron chi connectivity index (χ1n) is 5.55. The molecule has 8 nitrogen and oxygen atoms in total. The van der Waals surface area contributed by atoms with E-state index in [1.807, 2.05) is 0 Å². The largest absolute Gasteiger partial charge is 0.359 e. The van der Waals surface area contributed by atoms with Crippen molar-refractivity contribution < 1.29 is 4.79 Å². The molecule has 9 heteroatoms. The molecule has 0 aromatic carbocycles. The molecule has 2 heterocycles. The molecule has 100 valence electrons. The van der Waals surface area contributed by atoms with Gasteiger partial charge in [0.15, 0.2) is 0 Å². The number of anilines is 1. The van der Waals surface area contributed by atoms with Crippen molar-refractivity contribution >= 4 is 23.5 Å². The second-order valence-electron chi connectivity index (χ2n) is 3.53. The number of carbonyl (C=O) groups excluding carboxylic acids is 1. The van der Waals surface area contributed by atoms with E-state index in [0.717, 1.165) is 0 Å². The van der Waals surface area contributed by atoms with E-state index in [-0.39, 0.29) is 11.2 Å². The number of nitrogens with one attached hydrogen (secondary N) is 2. The fourth-order valence-electron chi connectivity index (χ4n) is 1.32. The van der Waals surface area contributed by atoms with E-state index in [1.54, 1.807) is 25.5 Å². The van der Waals surface area contributed by atoms with Gasteiger partial charge in [-0.1, -0.05) is 0 Å². The second kappa shape index (κ2) is 6.10. The first-order chi connectivity index (χ1) is 9.19. The summed E-state index contributed by atoms with van der Waals surface area (Å²) < 4.78 is 1.47. The van der Waals surface area contributed by atoms with E-state index in [0.29, 0.717) is 24.9 Å². The first-order valence-corrected chi connectivity index (χ1v) is 5.93. The number of halogens is 1. The van der Waals surface area contributed by atoms with Crippen molar-refractivity contribution in [2.24, 2.45) is 0 Å². The standard InChI is InChI=1S/C10H12ClN7O/c1-12-7(19)3-5-13-9-15-8(11)16-10(17-9)18-6-2-4-14-18/h2,4,6H,3,5H2,1H3,(H,12,19)(H,13,15,16,17). The lowest BCUT2D eigenvalue weighted by Crippen LogP contribution is -2.21. The second-order valence-corrected chi connectivity index (χ2v) is 3.87. The van der Waals surface area contributed by atoms with Crippen LogP contribution in [-0.4, -0.2) is 44.2 Å². The Hall–Kier alpha value is -2.22. The highest BCUT2D eigenvalue weighted by molar-refractivity contribution is 6.28. The van der Waals surface area contributed by atoms with Crippen molar-refractivity contribution in [3.05, 3.63) is 23.7 Å². The fraction of sp³-hybridized carbons (Fsp3) is 0.300. The zero-order valence-electron chi connectivity index (χ0n) is 10.2. The van der Waals surface area contributed by atoms with Crippen molar-refractivity contribution in [2.45, 2.75) is 6.42 Å². The molecule has 19 heavy (non-hydrogen) atoms. The summed E-state index contributed by atoms with van der Waals surface area (Å²) in [6.45, 7) is 0.401. The third kappa shape index (κ3) is 3.62.